The highest BCUT2D eigenvalue weighted by Crippen LogP contribution is 2.26. The maximum atomic E-state index is 10.5. The first kappa shape index (κ1) is 18.8. The van der Waals surface area contributed by atoms with E-state index in [0.717, 1.165) is 54.2 Å². The Hall–Kier alpha value is -3.02. The number of unbranched alkanes of at least 4 members (excludes halogenated alkanes) is 1. The number of para-hydroxylation sites is 4. The van der Waals surface area contributed by atoms with Crippen LogP contribution in [0.4, 0.5) is 0 Å². The number of carbonyl (C=O) groups excluding carboxylic acids is 1. The average Bonchev–Trinajstić information content (AvgIpc) is 3.06. The quantitative estimate of drug-likeness (QED) is 0.418. The Morgan fingerprint density at radius 3 is 2.67 bits per heavy atom. The second kappa shape index (κ2) is 9.62. The van der Waals surface area contributed by atoms with Crippen molar-refractivity contribution < 1.29 is 14.3 Å². The van der Waals surface area contributed by atoms with Gasteiger partial charge in [-0.15, -0.1) is 0 Å². The Morgan fingerprint density at radius 2 is 1.85 bits per heavy atom. The molecule has 6 heteroatoms. The van der Waals surface area contributed by atoms with Gasteiger partial charge < -0.3 is 19.4 Å². The largest absolute Gasteiger partial charge is 0.493 e. The number of nitrogens with one attached hydrogen (secondary N) is 1. The van der Waals surface area contributed by atoms with Crippen LogP contribution in [0.25, 0.3) is 11.0 Å². The van der Waals surface area contributed by atoms with Gasteiger partial charge in [0.25, 0.3) is 0 Å². The van der Waals surface area contributed by atoms with Crippen LogP contribution in [0, 0.1) is 0 Å². The summed E-state index contributed by atoms with van der Waals surface area (Å²) in [6.45, 7) is 2.09. The smallest absolute Gasteiger partial charge is 0.207 e. The van der Waals surface area contributed by atoms with Gasteiger partial charge in [0, 0.05) is 19.5 Å². The number of hydrogen-bond donors (Lipinski definition) is 1. The van der Waals surface area contributed by atoms with Gasteiger partial charge in [-0.1, -0.05) is 24.3 Å². The van der Waals surface area contributed by atoms with Crippen LogP contribution < -0.4 is 14.8 Å². The molecule has 1 aromatic heterocycles. The average molecular weight is 367 g/mol. The molecule has 0 radical (unpaired) electrons. The van der Waals surface area contributed by atoms with Crippen molar-refractivity contribution in [2.45, 2.75) is 25.8 Å². The number of carbonyl (C=O) groups is 1. The predicted molar refractivity (Wildman–Crippen MR) is 105 cm³/mol. The van der Waals surface area contributed by atoms with E-state index in [9.17, 15) is 4.79 Å². The molecule has 0 spiro atoms. The normalized spacial score (nSPS) is 10.7. The van der Waals surface area contributed by atoms with Crippen LogP contribution >= 0.6 is 0 Å². The summed E-state index contributed by atoms with van der Waals surface area (Å²) >= 11 is 0. The molecule has 0 aliphatic heterocycles. The standard InChI is InChI=1S/C21H25N3O3/c1-26-19-10-4-5-11-20(19)27-15-7-6-14-24-18-9-3-2-8-17(18)23-21(24)12-13-22-16-25/h2-5,8-11,16H,6-7,12-15H2,1H3,(H,22,25). The summed E-state index contributed by atoms with van der Waals surface area (Å²) in [6.07, 6.45) is 3.34. The maximum absolute atomic E-state index is 10.5. The van der Waals surface area contributed by atoms with Gasteiger partial charge in [0.15, 0.2) is 11.5 Å². The number of nitrogens with zero attached hydrogens (tertiary/aromatic N) is 2. The summed E-state index contributed by atoms with van der Waals surface area (Å²) in [5.41, 5.74) is 2.12. The number of benzene rings is 2. The SMILES string of the molecule is COc1ccccc1OCCCCn1c(CCNC=O)nc2ccccc21. The van der Waals surface area contributed by atoms with Gasteiger partial charge in [-0.25, -0.2) is 4.98 Å². The second-order valence-corrected chi connectivity index (χ2v) is 6.20. The molecule has 0 saturated carbocycles. The van der Waals surface area contributed by atoms with Crippen LogP contribution in [0.3, 0.4) is 0 Å². The molecule has 0 fully saturated rings. The van der Waals surface area contributed by atoms with E-state index in [-0.39, 0.29) is 0 Å². The lowest BCUT2D eigenvalue weighted by Crippen LogP contribution is -2.17. The van der Waals surface area contributed by atoms with Crippen molar-refractivity contribution in [1.29, 1.82) is 0 Å². The minimum absolute atomic E-state index is 0.587. The van der Waals surface area contributed by atoms with E-state index < -0.39 is 0 Å². The van der Waals surface area contributed by atoms with Crippen LogP contribution in [0.15, 0.2) is 48.5 Å². The molecule has 1 amide bonds. The highest BCUT2D eigenvalue weighted by Gasteiger charge is 2.10. The Labute approximate surface area is 159 Å². The Kier molecular flexibility index (Phi) is 6.68. The van der Waals surface area contributed by atoms with E-state index in [4.69, 9.17) is 14.5 Å². The van der Waals surface area contributed by atoms with Gasteiger partial charge in [0.1, 0.15) is 5.82 Å². The minimum atomic E-state index is 0.587. The van der Waals surface area contributed by atoms with Crippen LogP contribution in [0.2, 0.25) is 0 Å². The lowest BCUT2D eigenvalue weighted by Gasteiger charge is -2.11. The lowest BCUT2D eigenvalue weighted by atomic mass is 10.2. The Balaban J connectivity index is 1.57. The van der Waals surface area contributed by atoms with Crippen molar-refractivity contribution in [2.75, 3.05) is 20.3 Å². The molecule has 2 aromatic carbocycles. The lowest BCUT2D eigenvalue weighted by molar-refractivity contribution is -0.109. The zero-order chi connectivity index (χ0) is 18.9. The van der Waals surface area contributed by atoms with Crippen molar-refractivity contribution >= 4 is 17.4 Å². The first-order valence-corrected chi connectivity index (χ1v) is 9.20. The fourth-order valence-corrected chi connectivity index (χ4v) is 3.10. The molecule has 0 saturated heterocycles. The van der Waals surface area contributed by atoms with Gasteiger partial charge in [-0.3, -0.25) is 4.79 Å². The van der Waals surface area contributed by atoms with Crippen LogP contribution in [0.5, 0.6) is 11.5 Å². The molecule has 1 heterocycles. The summed E-state index contributed by atoms with van der Waals surface area (Å²) in [6, 6.07) is 15.8. The molecular formula is C21H25N3O3. The third-order valence-electron chi connectivity index (χ3n) is 4.41. The molecule has 0 unspecified atom stereocenters. The zero-order valence-corrected chi connectivity index (χ0v) is 15.6. The summed E-state index contributed by atoms with van der Waals surface area (Å²) in [7, 11) is 1.65. The van der Waals surface area contributed by atoms with Crippen molar-refractivity contribution in [3.05, 3.63) is 54.4 Å². The third-order valence-corrected chi connectivity index (χ3v) is 4.41. The molecule has 0 aliphatic carbocycles. The fourth-order valence-electron chi connectivity index (χ4n) is 3.10. The first-order chi connectivity index (χ1) is 13.3. The minimum Gasteiger partial charge on any atom is -0.493 e. The highest BCUT2D eigenvalue weighted by molar-refractivity contribution is 5.75. The van der Waals surface area contributed by atoms with E-state index in [2.05, 4.69) is 16.0 Å². The van der Waals surface area contributed by atoms with E-state index >= 15 is 0 Å². The predicted octanol–water partition coefficient (Wildman–Crippen LogP) is 3.19. The van der Waals surface area contributed by atoms with Crippen molar-refractivity contribution in [1.82, 2.24) is 14.9 Å². The molecule has 27 heavy (non-hydrogen) atoms. The molecule has 0 bridgehead atoms. The number of ether oxygens (including phenoxy) is 2. The molecular weight excluding hydrogens is 342 g/mol. The Bertz CT molecular complexity index is 876. The van der Waals surface area contributed by atoms with Crippen LogP contribution in [-0.2, 0) is 17.8 Å². The van der Waals surface area contributed by atoms with Crippen LogP contribution in [0.1, 0.15) is 18.7 Å². The van der Waals surface area contributed by atoms with Gasteiger partial charge in [-0.2, -0.15) is 0 Å². The summed E-state index contributed by atoms with van der Waals surface area (Å²) < 4.78 is 13.4. The molecule has 3 aromatic rings. The number of methoxy groups -OCH3 is 1. The van der Waals surface area contributed by atoms with Gasteiger partial charge in [0.05, 0.1) is 24.8 Å². The van der Waals surface area contributed by atoms with Gasteiger partial charge >= 0.3 is 0 Å². The summed E-state index contributed by atoms with van der Waals surface area (Å²) in [4.78, 5) is 15.2. The van der Waals surface area contributed by atoms with Gasteiger partial charge in [-0.05, 0) is 37.1 Å². The molecule has 6 nitrogen and oxygen atoms in total. The van der Waals surface area contributed by atoms with Crippen LogP contribution in [-0.4, -0.2) is 36.2 Å². The molecule has 1 N–H and O–H groups in total. The summed E-state index contributed by atoms with van der Waals surface area (Å²) in [5, 5.41) is 2.71. The number of fused-ring (bicyclic) bond motifs is 1. The van der Waals surface area contributed by atoms with E-state index in [0.29, 0.717) is 19.6 Å². The maximum Gasteiger partial charge on any atom is 0.207 e. The zero-order valence-electron chi connectivity index (χ0n) is 15.6. The van der Waals surface area contributed by atoms with Crippen molar-refractivity contribution in [3.8, 4) is 11.5 Å². The van der Waals surface area contributed by atoms with Crippen molar-refractivity contribution in [2.24, 2.45) is 0 Å². The molecule has 0 aliphatic rings. The summed E-state index contributed by atoms with van der Waals surface area (Å²) in [5.74, 6) is 2.52. The van der Waals surface area contributed by atoms with E-state index in [1.165, 1.54) is 0 Å². The van der Waals surface area contributed by atoms with E-state index in [1.807, 2.05) is 42.5 Å². The number of amides is 1. The van der Waals surface area contributed by atoms with Gasteiger partial charge in [0.2, 0.25) is 6.41 Å². The monoisotopic (exact) mass is 367 g/mol. The molecule has 3 rings (SSSR count). The number of imidazole rings is 1. The third kappa shape index (κ3) is 4.78. The number of aromatic nitrogens is 2. The fraction of sp³-hybridized carbons (Fsp3) is 0.333. The first-order valence-electron chi connectivity index (χ1n) is 9.20. The molecule has 142 valence electrons. The Morgan fingerprint density at radius 1 is 1.07 bits per heavy atom. The highest BCUT2D eigenvalue weighted by atomic mass is 16.5. The number of aryl methyl sites for hydroxylation is 1. The topological polar surface area (TPSA) is 65.4 Å². The molecule has 0 atom stereocenters. The van der Waals surface area contributed by atoms with E-state index in [1.54, 1.807) is 7.11 Å². The number of hydrogen-bond acceptors (Lipinski definition) is 4. The number of rotatable bonds is 11. The second-order valence-electron chi connectivity index (χ2n) is 6.20. The van der Waals surface area contributed by atoms with Crippen molar-refractivity contribution in [3.63, 3.8) is 0 Å².